The zero-order chi connectivity index (χ0) is 20.8. The number of carbonyl (C=O) groups excluding carboxylic acids is 1. The zero-order valence-corrected chi connectivity index (χ0v) is 19.2. The summed E-state index contributed by atoms with van der Waals surface area (Å²) in [6, 6.07) is 0.0285. The molecule has 1 fully saturated rings. The summed E-state index contributed by atoms with van der Waals surface area (Å²) >= 11 is 1.87. The molecule has 0 saturated carbocycles. The third-order valence-electron chi connectivity index (χ3n) is 5.68. The smallest absolute Gasteiger partial charge is 0.317 e. The van der Waals surface area contributed by atoms with Gasteiger partial charge < -0.3 is 15.1 Å². The van der Waals surface area contributed by atoms with E-state index >= 15 is 0 Å². The lowest BCUT2D eigenvalue weighted by Crippen LogP contribution is -2.55. The van der Waals surface area contributed by atoms with Gasteiger partial charge in [0.1, 0.15) is 16.5 Å². The third kappa shape index (κ3) is 4.20. The van der Waals surface area contributed by atoms with Gasteiger partial charge in [-0.2, -0.15) is 0 Å². The van der Waals surface area contributed by atoms with Gasteiger partial charge in [-0.25, -0.2) is 14.8 Å². The molecular weight excluding hydrogens is 382 g/mol. The molecule has 2 aromatic rings. The number of carbonyl (C=O) groups is 1. The Kier molecular flexibility index (Phi) is 5.44. The second-order valence-electron chi connectivity index (χ2n) is 9.61. The summed E-state index contributed by atoms with van der Waals surface area (Å²) in [6.07, 6.45) is 4.85. The first-order chi connectivity index (χ1) is 13.7. The number of anilines is 1. The minimum absolute atomic E-state index is 0.0285. The molecule has 3 heterocycles. The first kappa shape index (κ1) is 20.4. The molecule has 2 amide bonds. The van der Waals surface area contributed by atoms with Crippen LogP contribution in [0.4, 0.5) is 10.6 Å². The van der Waals surface area contributed by atoms with Crippen LogP contribution in [-0.2, 0) is 12.8 Å². The fourth-order valence-electron chi connectivity index (χ4n) is 4.16. The molecule has 29 heavy (non-hydrogen) atoms. The van der Waals surface area contributed by atoms with E-state index in [0.717, 1.165) is 49.1 Å². The van der Waals surface area contributed by atoms with Gasteiger partial charge in [-0.1, -0.05) is 13.8 Å². The zero-order valence-electron chi connectivity index (χ0n) is 18.3. The molecule has 0 aromatic carbocycles. The number of amides is 2. The first-order valence-electron chi connectivity index (χ1n) is 10.9. The Balaban J connectivity index is 1.62. The molecule has 1 saturated heterocycles. The number of thiophene rings is 1. The number of hydrogen-bond donors (Lipinski definition) is 1. The van der Waals surface area contributed by atoms with E-state index in [1.165, 1.54) is 35.1 Å². The monoisotopic (exact) mass is 415 g/mol. The van der Waals surface area contributed by atoms with Crippen LogP contribution < -0.4 is 10.2 Å². The summed E-state index contributed by atoms with van der Waals surface area (Å²) < 4.78 is 0. The normalized spacial score (nSPS) is 17.7. The quantitative estimate of drug-likeness (QED) is 0.793. The number of nitrogens with one attached hydrogen (secondary N) is 1. The van der Waals surface area contributed by atoms with Gasteiger partial charge in [0.2, 0.25) is 0 Å². The Bertz CT molecular complexity index is 906. The maximum absolute atomic E-state index is 12.5. The molecule has 0 spiro atoms. The van der Waals surface area contributed by atoms with Gasteiger partial charge in [-0.3, -0.25) is 0 Å². The number of fused-ring (bicyclic) bond motifs is 3. The third-order valence-corrected chi connectivity index (χ3v) is 6.86. The van der Waals surface area contributed by atoms with Crippen LogP contribution in [0.3, 0.4) is 0 Å². The summed E-state index contributed by atoms with van der Waals surface area (Å²) in [6.45, 7) is 13.4. The number of urea groups is 1. The van der Waals surface area contributed by atoms with Crippen molar-refractivity contribution in [1.82, 2.24) is 20.2 Å². The molecule has 0 radical (unpaired) electrons. The minimum atomic E-state index is -0.213. The number of nitrogens with zero attached hydrogens (tertiary/aromatic N) is 4. The van der Waals surface area contributed by atoms with Crippen molar-refractivity contribution in [3.63, 3.8) is 0 Å². The predicted molar refractivity (Wildman–Crippen MR) is 120 cm³/mol. The highest BCUT2D eigenvalue weighted by atomic mass is 32.1. The number of hydrogen-bond acceptors (Lipinski definition) is 5. The summed E-state index contributed by atoms with van der Waals surface area (Å²) in [5, 5.41) is 4.36. The van der Waals surface area contributed by atoms with E-state index in [1.807, 2.05) is 37.0 Å². The summed E-state index contributed by atoms with van der Waals surface area (Å²) in [5.41, 5.74) is 1.27. The van der Waals surface area contributed by atoms with Crippen LogP contribution in [0.25, 0.3) is 10.2 Å². The van der Waals surface area contributed by atoms with Crippen molar-refractivity contribution < 1.29 is 4.79 Å². The molecule has 6 nitrogen and oxygen atoms in total. The lowest BCUT2D eigenvalue weighted by Gasteiger charge is -2.37. The molecule has 158 valence electrons. The number of piperazine rings is 1. The Morgan fingerprint density at radius 3 is 2.41 bits per heavy atom. The predicted octanol–water partition coefficient (Wildman–Crippen LogP) is 4.32. The van der Waals surface area contributed by atoms with E-state index in [9.17, 15) is 4.79 Å². The topological polar surface area (TPSA) is 61.4 Å². The van der Waals surface area contributed by atoms with Crippen LogP contribution in [0, 0.1) is 0 Å². The first-order valence-corrected chi connectivity index (χ1v) is 11.7. The molecule has 0 bridgehead atoms. The van der Waals surface area contributed by atoms with Gasteiger partial charge in [0.05, 0.1) is 5.39 Å². The van der Waals surface area contributed by atoms with E-state index in [1.54, 1.807) is 0 Å². The van der Waals surface area contributed by atoms with E-state index in [-0.39, 0.29) is 11.6 Å². The lowest BCUT2D eigenvalue weighted by atomic mass is 9.96. The van der Waals surface area contributed by atoms with Gasteiger partial charge in [0.25, 0.3) is 0 Å². The standard InChI is InChI=1S/C22H33N5OS/c1-14(2)18-23-19(17-15-8-6-7-9-16(15)29-20(17)24-18)26-10-12-27(13-11-26)21(28)25-22(3,4)5/h14H,6-13H2,1-5H3,(H,25,28). The molecule has 0 atom stereocenters. The van der Waals surface area contributed by atoms with Crippen molar-refractivity contribution in [3.05, 3.63) is 16.3 Å². The Labute approximate surface area is 177 Å². The molecule has 7 heteroatoms. The van der Waals surface area contributed by atoms with Crippen LogP contribution in [0.2, 0.25) is 0 Å². The summed E-state index contributed by atoms with van der Waals surface area (Å²) in [5.74, 6) is 2.32. The fourth-order valence-corrected chi connectivity index (χ4v) is 5.43. The molecule has 0 unspecified atom stereocenters. The molecule has 2 aliphatic rings. The summed E-state index contributed by atoms with van der Waals surface area (Å²) in [7, 11) is 0. The fraction of sp³-hybridized carbons (Fsp3) is 0.682. The molecule has 4 rings (SSSR count). The van der Waals surface area contributed by atoms with Crippen LogP contribution in [0.15, 0.2) is 0 Å². The van der Waals surface area contributed by atoms with E-state index in [4.69, 9.17) is 9.97 Å². The number of rotatable bonds is 2. The van der Waals surface area contributed by atoms with Crippen molar-refractivity contribution in [3.8, 4) is 0 Å². The lowest BCUT2D eigenvalue weighted by molar-refractivity contribution is 0.185. The van der Waals surface area contributed by atoms with Gasteiger partial charge in [0.15, 0.2) is 0 Å². The van der Waals surface area contributed by atoms with Gasteiger partial charge in [-0.05, 0) is 52.0 Å². The largest absolute Gasteiger partial charge is 0.352 e. The molecule has 1 aliphatic heterocycles. The molecular formula is C22H33N5OS. The van der Waals surface area contributed by atoms with Crippen molar-refractivity contribution in [2.45, 2.75) is 71.8 Å². The van der Waals surface area contributed by atoms with Gasteiger partial charge in [-0.15, -0.1) is 11.3 Å². The average molecular weight is 416 g/mol. The maximum Gasteiger partial charge on any atom is 0.317 e. The molecule has 1 N–H and O–H groups in total. The van der Waals surface area contributed by atoms with E-state index in [2.05, 4.69) is 24.1 Å². The maximum atomic E-state index is 12.5. The number of aromatic nitrogens is 2. The van der Waals surface area contributed by atoms with Crippen molar-refractivity contribution in [1.29, 1.82) is 0 Å². The SMILES string of the molecule is CC(C)c1nc(N2CCN(C(=O)NC(C)(C)C)CC2)c2c3c(sc2n1)CCCC3. The highest BCUT2D eigenvalue weighted by Crippen LogP contribution is 2.40. The minimum Gasteiger partial charge on any atom is -0.352 e. The second kappa shape index (κ2) is 7.74. The second-order valence-corrected chi connectivity index (χ2v) is 10.7. The van der Waals surface area contributed by atoms with Crippen molar-refractivity contribution in [2.24, 2.45) is 0 Å². The Morgan fingerprint density at radius 1 is 1.07 bits per heavy atom. The van der Waals surface area contributed by atoms with Gasteiger partial charge in [0, 0.05) is 42.5 Å². The van der Waals surface area contributed by atoms with E-state index < -0.39 is 0 Å². The van der Waals surface area contributed by atoms with Crippen LogP contribution in [-0.4, -0.2) is 52.6 Å². The van der Waals surface area contributed by atoms with E-state index in [0.29, 0.717) is 5.92 Å². The highest BCUT2D eigenvalue weighted by molar-refractivity contribution is 7.19. The van der Waals surface area contributed by atoms with Crippen LogP contribution >= 0.6 is 11.3 Å². The van der Waals surface area contributed by atoms with Crippen LogP contribution in [0.5, 0.6) is 0 Å². The van der Waals surface area contributed by atoms with Gasteiger partial charge >= 0.3 is 6.03 Å². The highest BCUT2D eigenvalue weighted by Gasteiger charge is 2.28. The average Bonchev–Trinajstić information content (AvgIpc) is 3.04. The summed E-state index contributed by atoms with van der Waals surface area (Å²) in [4.78, 5) is 29.4. The molecule has 2 aromatic heterocycles. The van der Waals surface area contributed by atoms with Crippen molar-refractivity contribution >= 4 is 33.4 Å². The van der Waals surface area contributed by atoms with Crippen LogP contribution in [0.1, 0.15) is 69.6 Å². The Morgan fingerprint density at radius 2 is 1.76 bits per heavy atom. The number of aryl methyl sites for hydroxylation is 2. The Hall–Kier alpha value is -1.89. The molecule has 1 aliphatic carbocycles. The van der Waals surface area contributed by atoms with Crippen molar-refractivity contribution in [2.75, 3.05) is 31.1 Å².